The molecule has 168 valence electrons. The maximum Gasteiger partial charge on any atom is 0.319 e. The molecule has 2 aromatic rings. The molecule has 2 aliphatic heterocycles. The molecule has 0 saturated carbocycles. The lowest BCUT2D eigenvalue weighted by molar-refractivity contribution is -0.128. The van der Waals surface area contributed by atoms with Crippen molar-refractivity contribution >= 4 is 23.5 Å². The first-order valence-electron chi connectivity index (χ1n) is 11.0. The zero-order chi connectivity index (χ0) is 22.3. The Bertz CT molecular complexity index is 942. The van der Waals surface area contributed by atoms with E-state index in [9.17, 15) is 14.4 Å². The number of urea groups is 1. The molecular formula is C24H28N4O4. The normalized spacial score (nSPS) is 17.2. The Morgan fingerprint density at radius 1 is 0.969 bits per heavy atom. The van der Waals surface area contributed by atoms with Crippen molar-refractivity contribution in [2.45, 2.75) is 18.9 Å². The van der Waals surface area contributed by atoms with Gasteiger partial charge in [0, 0.05) is 43.9 Å². The molecule has 8 nitrogen and oxygen atoms in total. The summed E-state index contributed by atoms with van der Waals surface area (Å²) >= 11 is 0. The number of amides is 4. The Morgan fingerprint density at radius 3 is 2.34 bits per heavy atom. The van der Waals surface area contributed by atoms with Gasteiger partial charge in [-0.15, -0.1) is 0 Å². The van der Waals surface area contributed by atoms with Crippen LogP contribution in [0.4, 0.5) is 10.5 Å². The third-order valence-corrected chi connectivity index (χ3v) is 5.77. The Kier molecular flexibility index (Phi) is 7.01. The van der Waals surface area contributed by atoms with Crippen LogP contribution < -0.4 is 10.6 Å². The van der Waals surface area contributed by atoms with E-state index in [1.807, 2.05) is 30.3 Å². The summed E-state index contributed by atoms with van der Waals surface area (Å²) in [4.78, 5) is 40.9. The van der Waals surface area contributed by atoms with Gasteiger partial charge in [0.2, 0.25) is 5.91 Å². The quantitative estimate of drug-likeness (QED) is 0.728. The third-order valence-electron chi connectivity index (χ3n) is 5.77. The Morgan fingerprint density at radius 2 is 1.69 bits per heavy atom. The fraction of sp³-hybridized carbons (Fsp3) is 0.375. The van der Waals surface area contributed by atoms with Crippen molar-refractivity contribution in [3.63, 3.8) is 0 Å². The van der Waals surface area contributed by atoms with Crippen molar-refractivity contribution in [2.24, 2.45) is 0 Å². The molecule has 32 heavy (non-hydrogen) atoms. The van der Waals surface area contributed by atoms with E-state index in [1.165, 1.54) is 0 Å². The minimum absolute atomic E-state index is 0.0382. The summed E-state index contributed by atoms with van der Waals surface area (Å²) in [6, 6.07) is 15.8. The molecule has 0 aliphatic carbocycles. The lowest BCUT2D eigenvalue weighted by atomic mass is 10.1. The van der Waals surface area contributed by atoms with Crippen LogP contribution in [-0.4, -0.2) is 67.0 Å². The van der Waals surface area contributed by atoms with Crippen LogP contribution in [0, 0.1) is 0 Å². The number of ether oxygens (including phenoxy) is 1. The van der Waals surface area contributed by atoms with Crippen molar-refractivity contribution in [1.29, 1.82) is 0 Å². The fourth-order valence-electron chi connectivity index (χ4n) is 4.01. The number of hydrogen-bond acceptors (Lipinski definition) is 4. The maximum atomic E-state index is 12.7. The lowest BCUT2D eigenvalue weighted by Crippen LogP contribution is -2.40. The van der Waals surface area contributed by atoms with Gasteiger partial charge >= 0.3 is 6.03 Å². The molecule has 8 heteroatoms. The van der Waals surface area contributed by atoms with Gasteiger partial charge in [-0.25, -0.2) is 4.79 Å². The number of nitrogens with zero attached hydrogens (tertiary/aromatic N) is 2. The Balaban J connectivity index is 1.38. The van der Waals surface area contributed by atoms with Gasteiger partial charge in [0.15, 0.2) is 0 Å². The number of carbonyl (C=O) groups is 3. The summed E-state index contributed by atoms with van der Waals surface area (Å²) in [6.45, 7) is 3.42. The number of likely N-dealkylation sites (tertiary alicyclic amines) is 1. The standard InChI is InChI=1S/C24H28N4O4/c29-22-7-4-12-28(22)17-21(18-5-2-1-3-6-18)26-24(31)25-20-10-8-19(9-11-20)23(30)27-13-15-32-16-14-27/h1-3,5-6,8-11,21H,4,7,12-17H2,(H2,25,26,31)/t21-/m0/s1. The van der Waals surface area contributed by atoms with E-state index in [1.54, 1.807) is 34.1 Å². The molecule has 2 aliphatic rings. The molecule has 2 saturated heterocycles. The van der Waals surface area contributed by atoms with E-state index >= 15 is 0 Å². The SMILES string of the molecule is O=C(Nc1ccc(C(=O)N2CCOCC2)cc1)N[C@@H](CN1CCCC1=O)c1ccccc1. The largest absolute Gasteiger partial charge is 0.378 e. The molecule has 0 bridgehead atoms. The minimum Gasteiger partial charge on any atom is -0.378 e. The van der Waals surface area contributed by atoms with Gasteiger partial charge in [-0.3, -0.25) is 9.59 Å². The number of morpholine rings is 1. The molecule has 2 N–H and O–H groups in total. The third kappa shape index (κ3) is 5.45. The molecule has 2 fully saturated rings. The second-order valence-electron chi connectivity index (χ2n) is 7.99. The lowest BCUT2D eigenvalue weighted by Gasteiger charge is -2.27. The highest BCUT2D eigenvalue weighted by molar-refractivity contribution is 5.95. The highest BCUT2D eigenvalue weighted by atomic mass is 16.5. The highest BCUT2D eigenvalue weighted by Gasteiger charge is 2.25. The van der Waals surface area contributed by atoms with E-state index in [2.05, 4.69) is 10.6 Å². The van der Waals surface area contributed by atoms with Gasteiger partial charge in [-0.2, -0.15) is 0 Å². The van der Waals surface area contributed by atoms with Gasteiger partial charge in [0.05, 0.1) is 19.3 Å². The first kappa shape index (κ1) is 21.8. The number of hydrogen-bond donors (Lipinski definition) is 2. The van der Waals surface area contributed by atoms with E-state index < -0.39 is 0 Å². The molecule has 0 aromatic heterocycles. The van der Waals surface area contributed by atoms with Gasteiger partial charge in [0.1, 0.15) is 0 Å². The fourth-order valence-corrected chi connectivity index (χ4v) is 4.01. The molecule has 0 radical (unpaired) electrons. The van der Waals surface area contributed by atoms with Gasteiger partial charge in [0.25, 0.3) is 5.91 Å². The Hall–Kier alpha value is -3.39. The number of rotatable bonds is 6. The molecule has 2 heterocycles. The molecular weight excluding hydrogens is 408 g/mol. The van der Waals surface area contributed by atoms with Crippen LogP contribution in [0.25, 0.3) is 0 Å². The van der Waals surface area contributed by atoms with Crippen LogP contribution in [0.1, 0.15) is 34.8 Å². The van der Waals surface area contributed by atoms with Crippen LogP contribution in [0.5, 0.6) is 0 Å². The highest BCUT2D eigenvalue weighted by Crippen LogP contribution is 2.19. The topological polar surface area (TPSA) is 91.0 Å². The number of anilines is 1. The second kappa shape index (κ2) is 10.3. The monoisotopic (exact) mass is 436 g/mol. The second-order valence-corrected chi connectivity index (χ2v) is 7.99. The van der Waals surface area contributed by atoms with Crippen LogP contribution in [0.2, 0.25) is 0 Å². The minimum atomic E-state index is -0.363. The average molecular weight is 437 g/mol. The summed E-state index contributed by atoms with van der Waals surface area (Å²) in [5.74, 6) is 0.0809. The van der Waals surface area contributed by atoms with Gasteiger partial charge in [-0.05, 0) is 36.2 Å². The maximum absolute atomic E-state index is 12.7. The van der Waals surface area contributed by atoms with E-state index in [-0.39, 0.29) is 23.9 Å². The van der Waals surface area contributed by atoms with Crippen LogP contribution in [0.3, 0.4) is 0 Å². The van der Waals surface area contributed by atoms with E-state index in [4.69, 9.17) is 4.74 Å². The van der Waals surface area contributed by atoms with Crippen molar-refractivity contribution in [2.75, 3.05) is 44.7 Å². The summed E-state index contributed by atoms with van der Waals surface area (Å²) in [7, 11) is 0. The zero-order valence-electron chi connectivity index (χ0n) is 18.0. The predicted octanol–water partition coefficient (Wildman–Crippen LogP) is 2.64. The summed E-state index contributed by atoms with van der Waals surface area (Å²) < 4.78 is 5.29. The van der Waals surface area contributed by atoms with Gasteiger partial charge < -0.3 is 25.2 Å². The molecule has 4 amide bonds. The van der Waals surface area contributed by atoms with Crippen LogP contribution in [-0.2, 0) is 9.53 Å². The molecule has 1 atom stereocenters. The number of nitrogens with one attached hydrogen (secondary N) is 2. The number of benzene rings is 2. The van der Waals surface area contributed by atoms with Crippen LogP contribution in [0.15, 0.2) is 54.6 Å². The van der Waals surface area contributed by atoms with Crippen molar-refractivity contribution in [1.82, 2.24) is 15.1 Å². The first-order valence-corrected chi connectivity index (χ1v) is 11.0. The summed E-state index contributed by atoms with van der Waals surface area (Å²) in [5.41, 5.74) is 2.10. The summed E-state index contributed by atoms with van der Waals surface area (Å²) in [6.07, 6.45) is 1.41. The summed E-state index contributed by atoms with van der Waals surface area (Å²) in [5, 5.41) is 5.81. The molecule has 0 unspecified atom stereocenters. The smallest absolute Gasteiger partial charge is 0.319 e. The van der Waals surface area contributed by atoms with Gasteiger partial charge in [-0.1, -0.05) is 30.3 Å². The van der Waals surface area contributed by atoms with Crippen molar-refractivity contribution in [3.8, 4) is 0 Å². The van der Waals surface area contributed by atoms with Crippen molar-refractivity contribution in [3.05, 3.63) is 65.7 Å². The average Bonchev–Trinajstić information content (AvgIpc) is 3.24. The number of carbonyl (C=O) groups excluding carboxylic acids is 3. The predicted molar refractivity (Wildman–Crippen MR) is 120 cm³/mol. The first-order chi connectivity index (χ1) is 15.6. The van der Waals surface area contributed by atoms with E-state index in [0.717, 1.165) is 12.0 Å². The molecule has 0 spiro atoms. The Labute approximate surface area is 187 Å². The van der Waals surface area contributed by atoms with Crippen LogP contribution >= 0.6 is 0 Å². The van der Waals surface area contributed by atoms with E-state index in [0.29, 0.717) is 57.1 Å². The molecule has 4 rings (SSSR count). The zero-order valence-corrected chi connectivity index (χ0v) is 18.0. The molecule has 2 aromatic carbocycles. The van der Waals surface area contributed by atoms with Crippen molar-refractivity contribution < 1.29 is 19.1 Å².